The minimum absolute atomic E-state index is 0.122. The van der Waals surface area contributed by atoms with Crippen molar-refractivity contribution in [3.63, 3.8) is 0 Å². The van der Waals surface area contributed by atoms with Gasteiger partial charge >= 0.3 is 0 Å². The Kier molecular flexibility index (Phi) is 8.89. The molecule has 1 amide bonds. The Hall–Kier alpha value is -3.10. The molecule has 0 bridgehead atoms. The van der Waals surface area contributed by atoms with Crippen LogP contribution in [0, 0.1) is 11.3 Å². The van der Waals surface area contributed by atoms with Crippen molar-refractivity contribution in [1.82, 2.24) is 5.32 Å². The smallest absolute Gasteiger partial charge is 0.255 e. The first-order valence-corrected chi connectivity index (χ1v) is 11.1. The van der Waals surface area contributed by atoms with Crippen molar-refractivity contribution >= 4 is 23.1 Å². The fourth-order valence-electron chi connectivity index (χ4n) is 3.80. The highest BCUT2D eigenvalue weighted by atomic mass is 35.5. The van der Waals surface area contributed by atoms with Crippen molar-refractivity contribution in [2.24, 2.45) is 0 Å². The number of aryl methyl sites for hydroxylation is 2. The number of benzene rings is 2. The third-order valence-corrected chi connectivity index (χ3v) is 5.61. The molecule has 1 aliphatic carbocycles. The van der Waals surface area contributed by atoms with Gasteiger partial charge in [0.15, 0.2) is 11.5 Å². The minimum Gasteiger partial charge on any atom is -0.493 e. The topological polar surface area (TPSA) is 56.8 Å². The van der Waals surface area contributed by atoms with E-state index in [-0.39, 0.29) is 12.5 Å². The number of fused-ring (bicyclic) bond motifs is 1. The van der Waals surface area contributed by atoms with Gasteiger partial charge in [0.25, 0.3) is 5.91 Å². The molecule has 0 atom stereocenters. The van der Waals surface area contributed by atoms with Crippen LogP contribution in [-0.4, -0.2) is 33.3 Å². The van der Waals surface area contributed by atoms with Crippen LogP contribution < -0.4 is 14.8 Å². The summed E-state index contributed by atoms with van der Waals surface area (Å²) in [6.45, 7) is 0.592. The number of nitrogens with one attached hydrogen (secondary N) is 1. The molecule has 6 heteroatoms. The zero-order chi connectivity index (χ0) is 22.8. The van der Waals surface area contributed by atoms with E-state index in [9.17, 15) is 4.79 Å². The Bertz CT molecular complexity index is 1040. The normalized spacial score (nSPS) is 12.8. The van der Waals surface area contributed by atoms with Gasteiger partial charge in [-0.1, -0.05) is 24.3 Å². The first kappa shape index (κ1) is 23.6. The molecule has 5 nitrogen and oxygen atoms in total. The van der Waals surface area contributed by atoms with Crippen molar-refractivity contribution in [3.05, 3.63) is 64.9 Å². The van der Waals surface area contributed by atoms with Gasteiger partial charge in [0, 0.05) is 11.9 Å². The van der Waals surface area contributed by atoms with Gasteiger partial charge in [0.2, 0.25) is 0 Å². The third-order valence-electron chi connectivity index (χ3n) is 5.47. The molecule has 0 radical (unpaired) electrons. The second-order valence-corrected chi connectivity index (χ2v) is 7.69. The Morgan fingerprint density at radius 2 is 1.84 bits per heavy atom. The molecule has 1 N–H and O–H groups in total. The Labute approximate surface area is 194 Å². The molecule has 0 saturated carbocycles. The van der Waals surface area contributed by atoms with E-state index in [0.29, 0.717) is 30.0 Å². The summed E-state index contributed by atoms with van der Waals surface area (Å²) in [7, 11) is 3.21. The lowest BCUT2D eigenvalue weighted by atomic mass is 9.89. The lowest BCUT2D eigenvalue weighted by molar-refractivity contribution is -0.115. The maximum absolute atomic E-state index is 13.0. The monoisotopic (exact) mass is 453 g/mol. The summed E-state index contributed by atoms with van der Waals surface area (Å²) < 4.78 is 16.1. The van der Waals surface area contributed by atoms with Crippen LogP contribution >= 0.6 is 11.6 Å². The summed E-state index contributed by atoms with van der Waals surface area (Å²) in [5.41, 5.74) is 5.02. The molecule has 0 fully saturated rings. The molecule has 168 valence electrons. The van der Waals surface area contributed by atoms with Crippen LogP contribution in [0.1, 0.15) is 35.1 Å². The van der Waals surface area contributed by atoms with Crippen molar-refractivity contribution in [2.75, 3.05) is 27.4 Å². The molecule has 0 heterocycles. The van der Waals surface area contributed by atoms with E-state index in [1.54, 1.807) is 14.2 Å². The minimum atomic E-state index is -0.194. The first-order valence-electron chi connectivity index (χ1n) is 10.7. The highest BCUT2D eigenvalue weighted by Gasteiger charge is 2.16. The van der Waals surface area contributed by atoms with Gasteiger partial charge in [-0.15, -0.1) is 0 Å². The fraction of sp³-hybridized carbons (Fsp3) is 0.346. The van der Waals surface area contributed by atoms with E-state index in [2.05, 4.69) is 28.7 Å². The molecule has 1 aliphatic rings. The Balaban J connectivity index is 1.70. The number of ether oxygens (including phenoxy) is 3. The molecule has 0 saturated heterocycles. The standard InChI is InChI=1S/C26H28ClNO4/c1-30-24-11-8-19(16-25(24)31-2)12-14-28-26(29)23(18-32-15-5-13-27)22-10-9-20-6-3-4-7-21(20)17-22/h8-11,16-18H,3-4,6-7,12,14-15H2,1-2H3,(H,28,29). The van der Waals surface area contributed by atoms with E-state index >= 15 is 0 Å². The van der Waals surface area contributed by atoms with Gasteiger partial charge in [-0.25, -0.2) is 0 Å². The van der Waals surface area contributed by atoms with Crippen molar-refractivity contribution in [3.8, 4) is 22.8 Å². The average molecular weight is 454 g/mol. The maximum Gasteiger partial charge on any atom is 0.255 e. The molecule has 0 spiro atoms. The number of hydrogen-bond donors (Lipinski definition) is 1. The molecule has 32 heavy (non-hydrogen) atoms. The second kappa shape index (κ2) is 12.1. The van der Waals surface area contributed by atoms with E-state index in [1.165, 1.54) is 30.2 Å². The SMILES string of the molecule is COc1ccc(CCNC(=O)C(=COCC#CCl)c2ccc3c(c2)CCCC3)cc1OC. The summed E-state index contributed by atoms with van der Waals surface area (Å²) in [6.07, 6.45) is 6.64. The number of carbonyl (C=O) groups excluding carboxylic acids is 1. The predicted molar refractivity (Wildman–Crippen MR) is 127 cm³/mol. The van der Waals surface area contributed by atoms with E-state index < -0.39 is 0 Å². The van der Waals surface area contributed by atoms with Crippen molar-refractivity contribution in [1.29, 1.82) is 0 Å². The van der Waals surface area contributed by atoms with Gasteiger partial charge in [0.1, 0.15) is 6.61 Å². The summed E-state index contributed by atoms with van der Waals surface area (Å²) in [5, 5.41) is 5.26. The molecule has 2 aromatic carbocycles. The Morgan fingerprint density at radius 3 is 2.59 bits per heavy atom. The van der Waals surface area contributed by atoms with Crippen LogP contribution in [0.25, 0.3) is 5.57 Å². The third kappa shape index (κ3) is 6.21. The molecular formula is C26H28ClNO4. The predicted octanol–water partition coefficient (Wildman–Crippen LogP) is 4.50. The zero-order valence-electron chi connectivity index (χ0n) is 18.5. The van der Waals surface area contributed by atoms with Crippen LogP contribution in [0.2, 0.25) is 0 Å². The second-order valence-electron chi connectivity index (χ2n) is 7.50. The van der Waals surface area contributed by atoms with Crippen LogP contribution in [0.3, 0.4) is 0 Å². The quantitative estimate of drug-likeness (QED) is 0.263. The number of amides is 1. The van der Waals surface area contributed by atoms with Gasteiger partial charge in [-0.05, 0) is 84.0 Å². The van der Waals surface area contributed by atoms with Crippen LogP contribution in [0.4, 0.5) is 0 Å². The highest BCUT2D eigenvalue weighted by Crippen LogP contribution is 2.28. The lowest BCUT2D eigenvalue weighted by Gasteiger charge is -2.17. The molecular weight excluding hydrogens is 426 g/mol. The molecule has 3 rings (SSSR count). The van der Waals surface area contributed by atoms with Gasteiger partial charge in [0.05, 0.1) is 26.1 Å². The molecule has 0 aliphatic heterocycles. The van der Waals surface area contributed by atoms with Crippen molar-refractivity contribution < 1.29 is 19.0 Å². The lowest BCUT2D eigenvalue weighted by Crippen LogP contribution is -2.27. The van der Waals surface area contributed by atoms with E-state index in [1.807, 2.05) is 24.3 Å². The largest absolute Gasteiger partial charge is 0.493 e. The van der Waals surface area contributed by atoms with Crippen LogP contribution in [0.15, 0.2) is 42.7 Å². The highest BCUT2D eigenvalue weighted by molar-refractivity contribution is 6.30. The number of rotatable bonds is 9. The van der Waals surface area contributed by atoms with E-state index in [0.717, 1.165) is 24.0 Å². The Morgan fingerprint density at radius 1 is 1.06 bits per heavy atom. The molecule has 2 aromatic rings. The van der Waals surface area contributed by atoms with Crippen LogP contribution in [-0.2, 0) is 28.8 Å². The molecule has 0 aromatic heterocycles. The number of methoxy groups -OCH3 is 2. The van der Waals surface area contributed by atoms with Gasteiger partial charge in [-0.3, -0.25) is 4.79 Å². The number of hydrogen-bond acceptors (Lipinski definition) is 4. The zero-order valence-corrected chi connectivity index (χ0v) is 19.3. The summed E-state index contributed by atoms with van der Waals surface area (Å²) >= 11 is 5.39. The van der Waals surface area contributed by atoms with Crippen molar-refractivity contribution in [2.45, 2.75) is 32.1 Å². The summed E-state index contributed by atoms with van der Waals surface area (Å²) in [5.74, 6) is 3.77. The average Bonchev–Trinajstić information content (AvgIpc) is 2.83. The first-order chi connectivity index (χ1) is 15.7. The number of halogens is 1. The van der Waals surface area contributed by atoms with Crippen LogP contribution in [0.5, 0.6) is 11.5 Å². The van der Waals surface area contributed by atoms with E-state index in [4.69, 9.17) is 25.8 Å². The summed E-state index contributed by atoms with van der Waals surface area (Å²) in [6, 6.07) is 11.9. The molecule has 0 unspecified atom stereocenters. The van der Waals surface area contributed by atoms with Gasteiger partial charge in [-0.2, -0.15) is 0 Å². The maximum atomic E-state index is 13.0. The summed E-state index contributed by atoms with van der Waals surface area (Å²) in [4.78, 5) is 13.0. The fourth-order valence-corrected chi connectivity index (χ4v) is 3.85. The van der Waals surface area contributed by atoms with Gasteiger partial charge < -0.3 is 19.5 Å². The number of carbonyl (C=O) groups is 1.